The van der Waals surface area contributed by atoms with Gasteiger partial charge in [-0.2, -0.15) is 0 Å². The predicted molar refractivity (Wildman–Crippen MR) is 94.9 cm³/mol. The lowest BCUT2D eigenvalue weighted by Crippen LogP contribution is -2.62. The van der Waals surface area contributed by atoms with Gasteiger partial charge in [0.15, 0.2) is 0 Å². The Balaban J connectivity index is 1.64. The van der Waals surface area contributed by atoms with Crippen molar-refractivity contribution in [1.29, 1.82) is 0 Å². The van der Waals surface area contributed by atoms with Gasteiger partial charge in [0, 0.05) is 27.9 Å². The number of nitrogens with one attached hydrogen (secondary N) is 1. The third-order valence-electron chi connectivity index (χ3n) is 7.80. The number of hydrogen-bond donors (Lipinski definition) is 3. The van der Waals surface area contributed by atoms with Gasteiger partial charge in [-0.1, -0.05) is 32.0 Å². The quantitative estimate of drug-likeness (QED) is 0.691. The number of H-pyrrole nitrogens is 1. The average molecular weight is 325 g/mol. The summed E-state index contributed by atoms with van der Waals surface area (Å²) in [5.74, 6) is 1.31. The first-order chi connectivity index (χ1) is 11.4. The van der Waals surface area contributed by atoms with Crippen LogP contribution in [0.3, 0.4) is 0 Å². The maximum Gasteiger partial charge on any atom is 0.0757 e. The first-order valence-corrected chi connectivity index (χ1v) is 9.43. The van der Waals surface area contributed by atoms with Gasteiger partial charge in [0.1, 0.15) is 0 Å². The van der Waals surface area contributed by atoms with Gasteiger partial charge >= 0.3 is 0 Å². The molecule has 3 aliphatic carbocycles. The second-order valence-corrected chi connectivity index (χ2v) is 8.94. The molecule has 24 heavy (non-hydrogen) atoms. The molecule has 1 aromatic heterocycles. The van der Waals surface area contributed by atoms with Crippen LogP contribution in [-0.2, 0) is 6.42 Å². The molecule has 128 valence electrons. The van der Waals surface area contributed by atoms with Gasteiger partial charge in [0.25, 0.3) is 0 Å². The van der Waals surface area contributed by atoms with Crippen LogP contribution in [-0.4, -0.2) is 26.9 Å². The molecular weight excluding hydrogens is 298 g/mol. The molecule has 5 atom stereocenters. The van der Waals surface area contributed by atoms with Crippen LogP contribution in [0.5, 0.6) is 0 Å². The standard InChI is InChI=1S/C21H27NO2/c1-20(2)17(23)8-7-15-18-12(9-10-21(15,20)24)11-14-13-5-3-4-6-16(13)22-19(14)18/h3-6,12,15,17-18,22-24H,7-11H2,1-2H3/t12-,15?,17+,18?,21-/m0/s1. The highest BCUT2D eigenvalue weighted by molar-refractivity contribution is 5.85. The normalized spacial score (nSPS) is 40.2. The molecule has 2 unspecified atom stereocenters. The maximum absolute atomic E-state index is 11.7. The second-order valence-electron chi connectivity index (χ2n) is 8.94. The van der Waals surface area contributed by atoms with Crippen LogP contribution < -0.4 is 0 Å². The van der Waals surface area contributed by atoms with E-state index < -0.39 is 17.1 Å². The van der Waals surface area contributed by atoms with E-state index in [0.29, 0.717) is 11.8 Å². The zero-order chi connectivity index (χ0) is 16.7. The van der Waals surface area contributed by atoms with E-state index in [1.807, 2.05) is 0 Å². The molecule has 0 amide bonds. The lowest BCUT2D eigenvalue weighted by atomic mass is 9.50. The van der Waals surface area contributed by atoms with Gasteiger partial charge in [-0.05, 0) is 55.6 Å². The summed E-state index contributed by atoms with van der Waals surface area (Å²) in [6, 6.07) is 8.59. The molecule has 0 spiro atoms. The van der Waals surface area contributed by atoms with Gasteiger partial charge in [-0.15, -0.1) is 0 Å². The van der Waals surface area contributed by atoms with Crippen LogP contribution in [0.25, 0.3) is 10.9 Å². The third kappa shape index (κ3) is 1.65. The number of aliphatic hydroxyl groups is 2. The lowest BCUT2D eigenvalue weighted by Gasteiger charge is -2.59. The van der Waals surface area contributed by atoms with Crippen molar-refractivity contribution in [2.75, 3.05) is 0 Å². The van der Waals surface area contributed by atoms with Crippen LogP contribution in [0, 0.1) is 17.3 Å². The number of hydrogen-bond acceptors (Lipinski definition) is 2. The lowest BCUT2D eigenvalue weighted by molar-refractivity contribution is -0.212. The van der Waals surface area contributed by atoms with Crippen LogP contribution in [0.4, 0.5) is 0 Å². The molecule has 1 aromatic carbocycles. The van der Waals surface area contributed by atoms with Gasteiger partial charge in [-0.3, -0.25) is 0 Å². The minimum Gasteiger partial charge on any atom is -0.392 e. The Morgan fingerprint density at radius 1 is 1.12 bits per heavy atom. The molecule has 3 N–H and O–H groups in total. The molecular formula is C21H27NO2. The van der Waals surface area contributed by atoms with Crippen molar-refractivity contribution in [3.8, 4) is 0 Å². The SMILES string of the molecule is CC1(C)[C@H](O)CCC2C3c4[nH]c5ccccc5c4C[C@@H]3CC[C@]21O. The highest BCUT2D eigenvalue weighted by atomic mass is 16.3. The van der Waals surface area contributed by atoms with E-state index in [1.165, 1.54) is 22.2 Å². The number of fused-ring (bicyclic) bond motifs is 7. The van der Waals surface area contributed by atoms with E-state index in [2.05, 4.69) is 43.1 Å². The van der Waals surface area contributed by atoms with Crippen molar-refractivity contribution in [2.24, 2.45) is 17.3 Å². The Bertz CT molecular complexity index is 807. The van der Waals surface area contributed by atoms with E-state index in [9.17, 15) is 10.2 Å². The summed E-state index contributed by atoms with van der Waals surface area (Å²) in [7, 11) is 0. The highest BCUT2D eigenvalue weighted by Gasteiger charge is 2.62. The van der Waals surface area contributed by atoms with Crippen LogP contribution >= 0.6 is 0 Å². The van der Waals surface area contributed by atoms with Crippen molar-refractivity contribution in [2.45, 2.75) is 63.6 Å². The largest absolute Gasteiger partial charge is 0.392 e. The molecule has 1 heterocycles. The van der Waals surface area contributed by atoms with E-state index >= 15 is 0 Å². The first-order valence-electron chi connectivity index (χ1n) is 9.43. The fourth-order valence-corrected chi connectivity index (χ4v) is 6.25. The summed E-state index contributed by atoms with van der Waals surface area (Å²) < 4.78 is 0. The number of rotatable bonds is 0. The summed E-state index contributed by atoms with van der Waals surface area (Å²) in [4.78, 5) is 3.69. The molecule has 2 aromatic rings. The number of benzene rings is 1. The summed E-state index contributed by atoms with van der Waals surface area (Å²) in [6.07, 6.45) is 4.35. The second kappa shape index (κ2) is 4.64. The molecule has 0 saturated heterocycles. The highest BCUT2D eigenvalue weighted by Crippen LogP contribution is 2.62. The zero-order valence-electron chi connectivity index (χ0n) is 14.5. The fraction of sp³-hybridized carbons (Fsp3) is 0.619. The summed E-state index contributed by atoms with van der Waals surface area (Å²) in [6.45, 7) is 4.12. The summed E-state index contributed by atoms with van der Waals surface area (Å²) in [5, 5.41) is 23.5. The topological polar surface area (TPSA) is 56.2 Å². The van der Waals surface area contributed by atoms with E-state index in [1.54, 1.807) is 0 Å². The molecule has 3 heteroatoms. The third-order valence-corrected chi connectivity index (χ3v) is 7.80. The molecule has 5 rings (SSSR count). The average Bonchev–Trinajstić information content (AvgIpc) is 3.08. The van der Waals surface area contributed by atoms with Gasteiger partial charge in [0.2, 0.25) is 0 Å². The van der Waals surface area contributed by atoms with Crippen LogP contribution in [0.15, 0.2) is 24.3 Å². The fourth-order valence-electron chi connectivity index (χ4n) is 6.25. The monoisotopic (exact) mass is 325 g/mol. The van der Waals surface area contributed by atoms with Crippen molar-refractivity contribution in [1.82, 2.24) is 4.98 Å². The predicted octanol–water partition coefficient (Wildman–Crippen LogP) is 3.75. The van der Waals surface area contributed by atoms with Crippen molar-refractivity contribution in [3.63, 3.8) is 0 Å². The van der Waals surface area contributed by atoms with Crippen molar-refractivity contribution < 1.29 is 10.2 Å². The Morgan fingerprint density at radius 2 is 1.92 bits per heavy atom. The van der Waals surface area contributed by atoms with Crippen LogP contribution in [0.1, 0.15) is 56.7 Å². The van der Waals surface area contributed by atoms with Crippen LogP contribution in [0.2, 0.25) is 0 Å². The van der Waals surface area contributed by atoms with E-state index in [0.717, 1.165) is 32.1 Å². The molecule has 0 radical (unpaired) electrons. The first kappa shape index (κ1) is 15.0. The van der Waals surface area contributed by atoms with Gasteiger partial charge < -0.3 is 15.2 Å². The Kier molecular flexibility index (Phi) is 2.90. The molecule has 3 nitrogen and oxygen atoms in total. The summed E-state index contributed by atoms with van der Waals surface area (Å²) in [5.41, 5.74) is 2.89. The summed E-state index contributed by atoms with van der Waals surface area (Å²) >= 11 is 0. The zero-order valence-corrected chi connectivity index (χ0v) is 14.5. The maximum atomic E-state index is 11.7. The minimum absolute atomic E-state index is 0.254. The smallest absolute Gasteiger partial charge is 0.0757 e. The molecule has 0 bridgehead atoms. The minimum atomic E-state index is -0.759. The molecule has 2 saturated carbocycles. The Hall–Kier alpha value is -1.32. The van der Waals surface area contributed by atoms with Crippen molar-refractivity contribution >= 4 is 10.9 Å². The van der Waals surface area contributed by atoms with E-state index in [4.69, 9.17) is 0 Å². The number of para-hydroxylation sites is 1. The van der Waals surface area contributed by atoms with Crippen molar-refractivity contribution in [3.05, 3.63) is 35.5 Å². The van der Waals surface area contributed by atoms with Gasteiger partial charge in [0.05, 0.1) is 11.7 Å². The molecule has 2 fully saturated rings. The Labute approximate surface area is 143 Å². The Morgan fingerprint density at radius 3 is 2.75 bits per heavy atom. The molecule has 0 aliphatic heterocycles. The number of aromatic amines is 1. The number of aromatic nitrogens is 1. The van der Waals surface area contributed by atoms with E-state index in [-0.39, 0.29) is 5.92 Å². The molecule has 3 aliphatic rings. The van der Waals surface area contributed by atoms with Gasteiger partial charge in [-0.25, -0.2) is 0 Å². The number of aliphatic hydroxyl groups excluding tert-OH is 1.